The predicted molar refractivity (Wildman–Crippen MR) is 73.6 cm³/mol. The van der Waals surface area contributed by atoms with E-state index in [0.29, 0.717) is 31.1 Å². The minimum Gasteiger partial charge on any atom is -0.460 e. The Morgan fingerprint density at radius 3 is 2.60 bits per heavy atom. The summed E-state index contributed by atoms with van der Waals surface area (Å²) in [5, 5.41) is 0. The average Bonchev–Trinajstić information content (AvgIpc) is 3.00. The molecule has 0 radical (unpaired) electrons. The highest BCUT2D eigenvalue weighted by molar-refractivity contribution is 5.38. The molecule has 1 saturated carbocycles. The van der Waals surface area contributed by atoms with E-state index in [2.05, 4.69) is 20.4 Å². The van der Waals surface area contributed by atoms with Crippen LogP contribution < -0.4 is 20.9 Å². The van der Waals surface area contributed by atoms with Gasteiger partial charge in [-0.25, -0.2) is 5.84 Å². The van der Waals surface area contributed by atoms with Crippen LogP contribution >= 0.6 is 0 Å². The first kappa shape index (κ1) is 13.3. The number of morpholine rings is 1. The first-order chi connectivity index (χ1) is 9.85. The Balaban J connectivity index is 1.77. The molecule has 110 valence electrons. The average molecular weight is 280 g/mol. The number of nitrogens with zero attached hydrogens (tertiary/aromatic N) is 4. The molecule has 8 nitrogen and oxygen atoms in total. The summed E-state index contributed by atoms with van der Waals surface area (Å²) in [5.41, 5.74) is 2.47. The summed E-state index contributed by atoms with van der Waals surface area (Å²) >= 11 is 0. The Morgan fingerprint density at radius 1 is 1.15 bits per heavy atom. The van der Waals surface area contributed by atoms with E-state index in [1.165, 1.54) is 12.8 Å². The summed E-state index contributed by atoms with van der Waals surface area (Å²) < 4.78 is 11.2. The lowest BCUT2D eigenvalue weighted by molar-refractivity contribution is 0.121. The van der Waals surface area contributed by atoms with Crippen molar-refractivity contribution in [1.29, 1.82) is 0 Å². The number of ether oxygens (including phenoxy) is 2. The van der Waals surface area contributed by atoms with Gasteiger partial charge in [0, 0.05) is 13.1 Å². The highest BCUT2D eigenvalue weighted by atomic mass is 16.5. The highest BCUT2D eigenvalue weighted by Gasteiger charge is 2.21. The number of rotatable bonds is 4. The fraction of sp³-hybridized carbons (Fsp3) is 0.750. The molecule has 8 heteroatoms. The molecule has 3 N–H and O–H groups in total. The number of aromatic nitrogens is 3. The Bertz CT molecular complexity index is 446. The molecular weight excluding hydrogens is 260 g/mol. The van der Waals surface area contributed by atoms with Crippen molar-refractivity contribution in [3.8, 4) is 6.01 Å². The standard InChI is InChI=1S/C12H20N6O2/c13-17-10-14-11(18-5-7-19-8-6-18)16-12(15-10)20-9-3-1-2-4-9/h9H,1-8,13H2,(H,14,15,16,17). The van der Waals surface area contributed by atoms with E-state index in [-0.39, 0.29) is 6.10 Å². The van der Waals surface area contributed by atoms with Crippen molar-refractivity contribution in [2.45, 2.75) is 31.8 Å². The third-order valence-electron chi connectivity index (χ3n) is 3.60. The second-order valence-corrected chi connectivity index (χ2v) is 5.01. The zero-order chi connectivity index (χ0) is 13.8. The molecule has 0 spiro atoms. The van der Waals surface area contributed by atoms with Gasteiger partial charge in [0.15, 0.2) is 0 Å². The maximum absolute atomic E-state index is 5.83. The maximum atomic E-state index is 5.83. The van der Waals surface area contributed by atoms with E-state index in [1.807, 2.05) is 4.90 Å². The second kappa shape index (κ2) is 6.19. The number of nitrogens with two attached hydrogens (primary N) is 1. The minimum atomic E-state index is 0.209. The number of hydrogen-bond donors (Lipinski definition) is 2. The van der Waals surface area contributed by atoms with Crippen LogP contribution in [0.2, 0.25) is 0 Å². The third kappa shape index (κ3) is 3.07. The summed E-state index contributed by atoms with van der Waals surface area (Å²) in [4.78, 5) is 14.9. The van der Waals surface area contributed by atoms with Crippen LogP contribution in [0.25, 0.3) is 0 Å². The van der Waals surface area contributed by atoms with Crippen molar-refractivity contribution in [1.82, 2.24) is 15.0 Å². The molecule has 3 rings (SSSR count). The number of nitrogens with one attached hydrogen (secondary N) is 1. The van der Waals surface area contributed by atoms with Gasteiger partial charge in [-0.1, -0.05) is 0 Å². The van der Waals surface area contributed by atoms with Gasteiger partial charge in [-0.3, -0.25) is 5.43 Å². The number of hydrazine groups is 1. The van der Waals surface area contributed by atoms with Crippen LogP contribution in [0.3, 0.4) is 0 Å². The fourth-order valence-corrected chi connectivity index (χ4v) is 2.52. The van der Waals surface area contributed by atoms with Crippen molar-refractivity contribution >= 4 is 11.9 Å². The molecule has 0 bridgehead atoms. The van der Waals surface area contributed by atoms with Gasteiger partial charge in [-0.2, -0.15) is 15.0 Å². The Hall–Kier alpha value is -1.67. The van der Waals surface area contributed by atoms with Crippen LogP contribution in [-0.4, -0.2) is 47.4 Å². The molecule has 0 unspecified atom stereocenters. The van der Waals surface area contributed by atoms with E-state index in [9.17, 15) is 0 Å². The monoisotopic (exact) mass is 280 g/mol. The number of nitrogen functional groups attached to an aromatic ring is 1. The molecule has 0 amide bonds. The van der Waals surface area contributed by atoms with Crippen molar-refractivity contribution in [3.05, 3.63) is 0 Å². The van der Waals surface area contributed by atoms with Crippen LogP contribution in [0.4, 0.5) is 11.9 Å². The fourth-order valence-electron chi connectivity index (χ4n) is 2.52. The van der Waals surface area contributed by atoms with Gasteiger partial charge in [-0.05, 0) is 25.7 Å². The molecule has 2 aliphatic rings. The molecule has 2 fully saturated rings. The van der Waals surface area contributed by atoms with Crippen LogP contribution in [0, 0.1) is 0 Å². The Labute approximate surface area is 117 Å². The normalized spacial score (nSPS) is 20.1. The molecule has 0 aromatic carbocycles. The minimum absolute atomic E-state index is 0.209. The molecule has 20 heavy (non-hydrogen) atoms. The van der Waals surface area contributed by atoms with Gasteiger partial charge in [0.25, 0.3) is 0 Å². The van der Waals surface area contributed by atoms with Crippen molar-refractivity contribution < 1.29 is 9.47 Å². The summed E-state index contributed by atoms with van der Waals surface area (Å²) in [5.74, 6) is 6.34. The smallest absolute Gasteiger partial charge is 0.323 e. The quantitative estimate of drug-likeness (QED) is 0.601. The summed E-state index contributed by atoms with van der Waals surface area (Å²) in [6, 6.07) is 0.348. The molecule has 2 heterocycles. The van der Waals surface area contributed by atoms with Gasteiger partial charge in [0.1, 0.15) is 6.10 Å². The van der Waals surface area contributed by atoms with Gasteiger partial charge in [-0.15, -0.1) is 0 Å². The van der Waals surface area contributed by atoms with Crippen molar-refractivity contribution in [2.24, 2.45) is 5.84 Å². The summed E-state index contributed by atoms with van der Waals surface area (Å²) in [6.07, 6.45) is 4.73. The maximum Gasteiger partial charge on any atom is 0.323 e. The van der Waals surface area contributed by atoms with E-state index >= 15 is 0 Å². The summed E-state index contributed by atoms with van der Waals surface area (Å²) in [7, 11) is 0. The summed E-state index contributed by atoms with van der Waals surface area (Å²) in [6.45, 7) is 2.87. The predicted octanol–water partition coefficient (Wildman–Crippen LogP) is 0.315. The zero-order valence-electron chi connectivity index (χ0n) is 11.4. The van der Waals surface area contributed by atoms with E-state index < -0.39 is 0 Å². The lowest BCUT2D eigenvalue weighted by Gasteiger charge is -2.27. The van der Waals surface area contributed by atoms with E-state index in [4.69, 9.17) is 15.3 Å². The topological polar surface area (TPSA) is 98.4 Å². The number of hydrogen-bond acceptors (Lipinski definition) is 8. The van der Waals surface area contributed by atoms with Crippen LogP contribution in [0.5, 0.6) is 6.01 Å². The van der Waals surface area contributed by atoms with Gasteiger partial charge >= 0.3 is 6.01 Å². The van der Waals surface area contributed by atoms with Crippen molar-refractivity contribution in [2.75, 3.05) is 36.6 Å². The highest BCUT2D eigenvalue weighted by Crippen LogP contribution is 2.23. The molecule has 1 saturated heterocycles. The van der Waals surface area contributed by atoms with Gasteiger partial charge in [0.05, 0.1) is 13.2 Å². The molecule has 1 aromatic heterocycles. The van der Waals surface area contributed by atoms with Crippen LogP contribution in [0.1, 0.15) is 25.7 Å². The molecule has 1 aliphatic heterocycles. The van der Waals surface area contributed by atoms with E-state index in [0.717, 1.165) is 25.9 Å². The molecule has 0 atom stereocenters. The SMILES string of the molecule is NNc1nc(OC2CCCC2)nc(N2CCOCC2)n1. The lowest BCUT2D eigenvalue weighted by Crippen LogP contribution is -2.37. The van der Waals surface area contributed by atoms with E-state index in [1.54, 1.807) is 0 Å². The van der Waals surface area contributed by atoms with Crippen molar-refractivity contribution in [3.63, 3.8) is 0 Å². The Kier molecular flexibility index (Phi) is 4.12. The third-order valence-corrected chi connectivity index (χ3v) is 3.60. The second-order valence-electron chi connectivity index (χ2n) is 5.01. The van der Waals surface area contributed by atoms with Crippen LogP contribution in [0.15, 0.2) is 0 Å². The first-order valence-corrected chi connectivity index (χ1v) is 7.07. The molecule has 1 aliphatic carbocycles. The largest absolute Gasteiger partial charge is 0.460 e. The van der Waals surface area contributed by atoms with Crippen LogP contribution in [-0.2, 0) is 4.74 Å². The Morgan fingerprint density at radius 2 is 1.90 bits per heavy atom. The molecular formula is C12H20N6O2. The van der Waals surface area contributed by atoms with Gasteiger partial charge in [0.2, 0.25) is 11.9 Å². The lowest BCUT2D eigenvalue weighted by atomic mass is 10.3. The molecule has 1 aromatic rings. The van der Waals surface area contributed by atoms with Gasteiger partial charge < -0.3 is 14.4 Å². The first-order valence-electron chi connectivity index (χ1n) is 7.07. The zero-order valence-corrected chi connectivity index (χ0v) is 11.4. The number of anilines is 2.